The van der Waals surface area contributed by atoms with Crippen LogP contribution in [0.5, 0.6) is 0 Å². The second-order valence-corrected chi connectivity index (χ2v) is 4.12. The predicted octanol–water partition coefficient (Wildman–Crippen LogP) is 1.89. The van der Waals surface area contributed by atoms with Crippen molar-refractivity contribution in [3.8, 4) is 0 Å². The van der Waals surface area contributed by atoms with E-state index in [4.69, 9.17) is 21.1 Å². The monoisotopic (exact) mass is 236 g/mol. The van der Waals surface area contributed by atoms with Crippen LogP contribution in [0.3, 0.4) is 0 Å². The number of carbonyl (C=O) groups excluding carboxylic acids is 2. The van der Waals surface area contributed by atoms with Crippen molar-refractivity contribution >= 4 is 23.5 Å². The number of hydrogen-bond donors (Lipinski definition) is 0. The SMILES string of the molecule is CC(=O)OCCC(CC(C)Cl)OC(C)=O. The van der Waals surface area contributed by atoms with E-state index >= 15 is 0 Å². The molecule has 0 saturated heterocycles. The zero-order valence-electron chi connectivity index (χ0n) is 9.29. The summed E-state index contributed by atoms with van der Waals surface area (Å²) < 4.78 is 9.79. The van der Waals surface area contributed by atoms with Gasteiger partial charge >= 0.3 is 11.9 Å². The van der Waals surface area contributed by atoms with Crippen LogP contribution in [0.1, 0.15) is 33.6 Å². The second-order valence-electron chi connectivity index (χ2n) is 3.38. The number of ether oxygens (including phenoxy) is 2. The molecule has 2 atom stereocenters. The molecule has 0 fully saturated rings. The van der Waals surface area contributed by atoms with Crippen molar-refractivity contribution in [1.82, 2.24) is 0 Å². The Kier molecular flexibility index (Phi) is 7.13. The number of hydrogen-bond acceptors (Lipinski definition) is 4. The molecular formula is C10H17ClO4. The van der Waals surface area contributed by atoms with Crippen LogP contribution in [0.2, 0.25) is 0 Å². The van der Waals surface area contributed by atoms with Gasteiger partial charge in [-0.3, -0.25) is 9.59 Å². The molecule has 4 nitrogen and oxygen atoms in total. The molecule has 0 aromatic carbocycles. The molecule has 0 N–H and O–H groups in total. The first-order chi connectivity index (χ1) is 6.91. The Balaban J connectivity index is 3.89. The molecule has 0 spiro atoms. The Morgan fingerprint density at radius 1 is 1.27 bits per heavy atom. The van der Waals surface area contributed by atoms with Gasteiger partial charge in [-0.1, -0.05) is 0 Å². The second kappa shape index (κ2) is 7.51. The van der Waals surface area contributed by atoms with Gasteiger partial charge in [0.05, 0.1) is 6.61 Å². The average molecular weight is 237 g/mol. The Labute approximate surface area is 94.9 Å². The maximum atomic E-state index is 10.8. The highest BCUT2D eigenvalue weighted by Crippen LogP contribution is 2.12. The summed E-state index contributed by atoms with van der Waals surface area (Å²) in [5.41, 5.74) is 0. The minimum absolute atomic E-state index is 0.0771. The van der Waals surface area contributed by atoms with E-state index in [1.807, 2.05) is 6.92 Å². The van der Waals surface area contributed by atoms with Crippen LogP contribution in [0.15, 0.2) is 0 Å². The first-order valence-electron chi connectivity index (χ1n) is 4.86. The Hall–Kier alpha value is -0.770. The van der Waals surface area contributed by atoms with E-state index in [-0.39, 0.29) is 30.0 Å². The molecule has 0 aliphatic carbocycles. The highest BCUT2D eigenvalue weighted by atomic mass is 35.5. The molecule has 0 rings (SSSR count). The van der Waals surface area contributed by atoms with Crippen molar-refractivity contribution in [2.24, 2.45) is 0 Å². The Morgan fingerprint density at radius 2 is 1.87 bits per heavy atom. The summed E-state index contributed by atoms with van der Waals surface area (Å²) in [6, 6.07) is 0. The minimum atomic E-state index is -0.347. The summed E-state index contributed by atoms with van der Waals surface area (Å²) in [5, 5.41) is -0.0771. The predicted molar refractivity (Wildman–Crippen MR) is 56.7 cm³/mol. The third kappa shape index (κ3) is 9.53. The van der Waals surface area contributed by atoms with Crippen LogP contribution in [-0.2, 0) is 19.1 Å². The molecule has 0 aromatic heterocycles. The molecule has 0 heterocycles. The van der Waals surface area contributed by atoms with Crippen LogP contribution in [-0.4, -0.2) is 30.0 Å². The topological polar surface area (TPSA) is 52.6 Å². The summed E-state index contributed by atoms with van der Waals surface area (Å²) >= 11 is 5.80. The molecule has 2 unspecified atom stereocenters. The lowest BCUT2D eigenvalue weighted by atomic mass is 10.1. The molecule has 15 heavy (non-hydrogen) atoms. The molecule has 0 saturated carbocycles. The van der Waals surface area contributed by atoms with E-state index in [0.717, 1.165) is 0 Å². The van der Waals surface area contributed by atoms with Gasteiger partial charge in [0.15, 0.2) is 0 Å². The summed E-state index contributed by atoms with van der Waals surface area (Å²) in [6.45, 7) is 4.75. The van der Waals surface area contributed by atoms with Crippen molar-refractivity contribution in [3.05, 3.63) is 0 Å². The van der Waals surface area contributed by atoms with Gasteiger partial charge in [0.2, 0.25) is 0 Å². The molecular weight excluding hydrogens is 220 g/mol. The van der Waals surface area contributed by atoms with Gasteiger partial charge in [-0.25, -0.2) is 0 Å². The third-order valence-corrected chi connectivity index (χ3v) is 1.84. The number of alkyl halides is 1. The van der Waals surface area contributed by atoms with Gasteiger partial charge in [-0.15, -0.1) is 11.6 Å². The molecule has 88 valence electrons. The summed E-state index contributed by atoms with van der Waals surface area (Å²) in [6.07, 6.45) is 0.757. The zero-order chi connectivity index (χ0) is 11.8. The van der Waals surface area contributed by atoms with Crippen LogP contribution < -0.4 is 0 Å². The van der Waals surface area contributed by atoms with E-state index < -0.39 is 0 Å². The van der Waals surface area contributed by atoms with E-state index in [2.05, 4.69) is 0 Å². The molecule has 0 bridgehead atoms. The fourth-order valence-electron chi connectivity index (χ4n) is 1.16. The normalized spacial score (nSPS) is 14.1. The van der Waals surface area contributed by atoms with Crippen molar-refractivity contribution < 1.29 is 19.1 Å². The molecule has 0 aliphatic heterocycles. The smallest absolute Gasteiger partial charge is 0.302 e. The minimum Gasteiger partial charge on any atom is -0.466 e. The molecule has 5 heteroatoms. The van der Waals surface area contributed by atoms with Crippen molar-refractivity contribution in [3.63, 3.8) is 0 Å². The first kappa shape index (κ1) is 14.2. The fraction of sp³-hybridized carbons (Fsp3) is 0.800. The van der Waals surface area contributed by atoms with E-state index in [9.17, 15) is 9.59 Å². The van der Waals surface area contributed by atoms with Gasteiger partial charge < -0.3 is 9.47 Å². The molecule has 0 aromatic rings. The molecule has 0 aliphatic rings. The van der Waals surface area contributed by atoms with Gasteiger partial charge in [0, 0.05) is 32.1 Å². The van der Waals surface area contributed by atoms with E-state index in [1.165, 1.54) is 13.8 Å². The standard InChI is InChI=1S/C10H17ClO4/c1-7(11)6-10(15-9(3)13)4-5-14-8(2)12/h7,10H,4-6H2,1-3H3. The van der Waals surface area contributed by atoms with Crippen LogP contribution in [0.25, 0.3) is 0 Å². The number of esters is 2. The number of carbonyl (C=O) groups is 2. The summed E-state index contributed by atoms with van der Waals surface area (Å²) in [5.74, 6) is -0.685. The van der Waals surface area contributed by atoms with Gasteiger partial charge in [-0.2, -0.15) is 0 Å². The fourth-order valence-corrected chi connectivity index (χ4v) is 1.35. The van der Waals surface area contributed by atoms with Crippen LogP contribution >= 0.6 is 11.6 Å². The Morgan fingerprint density at radius 3 is 2.27 bits per heavy atom. The van der Waals surface area contributed by atoms with Crippen molar-refractivity contribution in [2.75, 3.05) is 6.61 Å². The largest absolute Gasteiger partial charge is 0.466 e. The average Bonchev–Trinajstić information content (AvgIpc) is 2.00. The molecule has 0 radical (unpaired) electrons. The first-order valence-corrected chi connectivity index (χ1v) is 5.30. The van der Waals surface area contributed by atoms with Gasteiger partial charge in [0.25, 0.3) is 0 Å². The highest BCUT2D eigenvalue weighted by Gasteiger charge is 2.15. The summed E-state index contributed by atoms with van der Waals surface area (Å²) in [4.78, 5) is 21.3. The Bertz CT molecular complexity index is 215. The van der Waals surface area contributed by atoms with Crippen molar-refractivity contribution in [2.45, 2.75) is 45.1 Å². The number of halogens is 1. The molecule has 0 amide bonds. The maximum Gasteiger partial charge on any atom is 0.302 e. The van der Waals surface area contributed by atoms with Crippen LogP contribution in [0, 0.1) is 0 Å². The zero-order valence-corrected chi connectivity index (χ0v) is 10.0. The van der Waals surface area contributed by atoms with Gasteiger partial charge in [0.1, 0.15) is 6.10 Å². The summed E-state index contributed by atoms with van der Waals surface area (Å²) in [7, 11) is 0. The quantitative estimate of drug-likeness (QED) is 0.522. The highest BCUT2D eigenvalue weighted by molar-refractivity contribution is 6.20. The van der Waals surface area contributed by atoms with E-state index in [1.54, 1.807) is 0 Å². The van der Waals surface area contributed by atoms with Gasteiger partial charge in [-0.05, 0) is 6.92 Å². The van der Waals surface area contributed by atoms with Crippen molar-refractivity contribution in [1.29, 1.82) is 0 Å². The maximum absolute atomic E-state index is 10.8. The van der Waals surface area contributed by atoms with E-state index in [0.29, 0.717) is 12.8 Å². The lowest BCUT2D eigenvalue weighted by Crippen LogP contribution is -2.21. The lowest BCUT2D eigenvalue weighted by molar-refractivity contribution is -0.148. The van der Waals surface area contributed by atoms with Crippen LogP contribution in [0.4, 0.5) is 0 Å². The number of rotatable bonds is 6. The lowest BCUT2D eigenvalue weighted by Gasteiger charge is -2.17. The third-order valence-electron chi connectivity index (χ3n) is 1.67.